The van der Waals surface area contributed by atoms with E-state index in [9.17, 15) is 0 Å². The standard InChI is InChI=1S/C21H39N/c1-7-16-22(17-8-2)18-15-21(6)14-10-13-20(5)12-9-11-19(3)4/h11,13,15H,7-10,12,14,16-18H2,1-6H3/b20-13+,21-15+. The van der Waals surface area contributed by atoms with Crippen molar-refractivity contribution >= 4 is 0 Å². The molecule has 0 aromatic rings. The molecule has 0 aromatic carbocycles. The quantitative estimate of drug-likeness (QED) is 0.371. The van der Waals surface area contributed by atoms with Gasteiger partial charge in [-0.3, -0.25) is 4.90 Å². The summed E-state index contributed by atoms with van der Waals surface area (Å²) in [6.07, 6.45) is 14.5. The van der Waals surface area contributed by atoms with Gasteiger partial charge in [0.05, 0.1) is 0 Å². The lowest BCUT2D eigenvalue weighted by molar-refractivity contribution is 0.303. The molecular formula is C21H39N. The molecule has 0 rings (SSSR count). The second-order valence-electron chi connectivity index (χ2n) is 6.76. The van der Waals surface area contributed by atoms with Gasteiger partial charge in [0.1, 0.15) is 0 Å². The van der Waals surface area contributed by atoms with Crippen LogP contribution in [0.4, 0.5) is 0 Å². The first-order valence-corrected chi connectivity index (χ1v) is 9.16. The zero-order valence-electron chi connectivity index (χ0n) is 16.0. The van der Waals surface area contributed by atoms with E-state index in [1.165, 1.54) is 68.3 Å². The van der Waals surface area contributed by atoms with E-state index < -0.39 is 0 Å². The first-order chi connectivity index (χ1) is 10.5. The number of hydrogen-bond donors (Lipinski definition) is 0. The molecule has 0 saturated heterocycles. The molecule has 22 heavy (non-hydrogen) atoms. The molecule has 0 spiro atoms. The Morgan fingerprint density at radius 2 is 1.23 bits per heavy atom. The zero-order valence-corrected chi connectivity index (χ0v) is 16.0. The molecule has 0 bridgehead atoms. The second-order valence-corrected chi connectivity index (χ2v) is 6.76. The van der Waals surface area contributed by atoms with Gasteiger partial charge in [-0.2, -0.15) is 0 Å². The second kappa shape index (κ2) is 13.8. The summed E-state index contributed by atoms with van der Waals surface area (Å²) in [5.41, 5.74) is 4.49. The maximum absolute atomic E-state index is 2.56. The van der Waals surface area contributed by atoms with E-state index in [0.717, 1.165) is 6.54 Å². The highest BCUT2D eigenvalue weighted by Crippen LogP contribution is 2.11. The summed E-state index contributed by atoms with van der Waals surface area (Å²) in [5.74, 6) is 0. The van der Waals surface area contributed by atoms with Crippen LogP contribution in [-0.4, -0.2) is 24.5 Å². The molecule has 0 aliphatic heterocycles. The Morgan fingerprint density at radius 1 is 0.727 bits per heavy atom. The van der Waals surface area contributed by atoms with Crippen LogP contribution in [0.15, 0.2) is 34.9 Å². The minimum Gasteiger partial charge on any atom is -0.300 e. The van der Waals surface area contributed by atoms with Crippen molar-refractivity contribution in [3.63, 3.8) is 0 Å². The molecule has 0 amide bonds. The van der Waals surface area contributed by atoms with E-state index >= 15 is 0 Å². The highest BCUT2D eigenvalue weighted by Gasteiger charge is 2.00. The van der Waals surface area contributed by atoms with Crippen LogP contribution < -0.4 is 0 Å². The Morgan fingerprint density at radius 3 is 1.73 bits per heavy atom. The lowest BCUT2D eigenvalue weighted by Gasteiger charge is -2.19. The fourth-order valence-electron chi connectivity index (χ4n) is 2.55. The molecule has 0 atom stereocenters. The lowest BCUT2D eigenvalue weighted by atomic mass is 10.1. The van der Waals surface area contributed by atoms with Crippen LogP contribution >= 0.6 is 0 Å². The normalized spacial score (nSPS) is 12.9. The van der Waals surface area contributed by atoms with Crippen molar-refractivity contribution in [1.82, 2.24) is 4.90 Å². The van der Waals surface area contributed by atoms with Gasteiger partial charge >= 0.3 is 0 Å². The van der Waals surface area contributed by atoms with Crippen molar-refractivity contribution in [2.45, 2.75) is 80.1 Å². The molecule has 0 radical (unpaired) electrons. The maximum atomic E-state index is 2.56. The average Bonchev–Trinajstić information content (AvgIpc) is 2.45. The van der Waals surface area contributed by atoms with Crippen molar-refractivity contribution in [3.8, 4) is 0 Å². The predicted octanol–water partition coefficient (Wildman–Crippen LogP) is 6.53. The Hall–Kier alpha value is -0.820. The van der Waals surface area contributed by atoms with E-state index in [1.54, 1.807) is 0 Å². The summed E-state index contributed by atoms with van der Waals surface area (Å²) in [6.45, 7) is 17.0. The third-order valence-corrected chi connectivity index (χ3v) is 3.90. The Balaban J connectivity index is 4.06. The number of nitrogens with zero attached hydrogens (tertiary/aromatic N) is 1. The third kappa shape index (κ3) is 12.9. The van der Waals surface area contributed by atoms with Crippen LogP contribution in [0.2, 0.25) is 0 Å². The predicted molar refractivity (Wildman–Crippen MR) is 102 cm³/mol. The van der Waals surface area contributed by atoms with E-state index in [0.29, 0.717) is 0 Å². The molecule has 0 N–H and O–H groups in total. The molecule has 0 fully saturated rings. The first kappa shape index (κ1) is 21.2. The molecule has 0 aliphatic rings. The first-order valence-electron chi connectivity index (χ1n) is 9.16. The summed E-state index contributed by atoms with van der Waals surface area (Å²) >= 11 is 0. The number of rotatable bonds is 12. The van der Waals surface area contributed by atoms with E-state index in [4.69, 9.17) is 0 Å². The van der Waals surface area contributed by atoms with Crippen LogP contribution in [0.1, 0.15) is 80.1 Å². The van der Waals surface area contributed by atoms with Gasteiger partial charge in [0.25, 0.3) is 0 Å². The molecule has 128 valence electrons. The van der Waals surface area contributed by atoms with Crippen molar-refractivity contribution in [1.29, 1.82) is 0 Å². The fraction of sp³-hybridized carbons (Fsp3) is 0.714. The van der Waals surface area contributed by atoms with Crippen LogP contribution in [0, 0.1) is 0 Å². The molecule has 0 aliphatic carbocycles. The fourth-order valence-corrected chi connectivity index (χ4v) is 2.55. The Kier molecular flexibility index (Phi) is 13.3. The highest BCUT2D eigenvalue weighted by atomic mass is 15.1. The van der Waals surface area contributed by atoms with Gasteiger partial charge in [-0.1, -0.05) is 48.8 Å². The van der Waals surface area contributed by atoms with Gasteiger partial charge in [0, 0.05) is 6.54 Å². The topological polar surface area (TPSA) is 3.24 Å². The van der Waals surface area contributed by atoms with Gasteiger partial charge in [-0.15, -0.1) is 0 Å². The molecule has 0 unspecified atom stereocenters. The summed E-state index contributed by atoms with van der Waals surface area (Å²) < 4.78 is 0. The highest BCUT2D eigenvalue weighted by molar-refractivity contribution is 5.05. The lowest BCUT2D eigenvalue weighted by Crippen LogP contribution is -2.25. The molecule has 1 heteroatoms. The van der Waals surface area contributed by atoms with Gasteiger partial charge < -0.3 is 0 Å². The summed E-state index contributed by atoms with van der Waals surface area (Å²) in [6, 6.07) is 0. The van der Waals surface area contributed by atoms with Crippen LogP contribution in [-0.2, 0) is 0 Å². The van der Waals surface area contributed by atoms with Gasteiger partial charge in [-0.05, 0) is 79.3 Å². The average molecular weight is 306 g/mol. The van der Waals surface area contributed by atoms with Gasteiger partial charge in [0.15, 0.2) is 0 Å². The molecule has 1 nitrogen and oxygen atoms in total. The third-order valence-electron chi connectivity index (χ3n) is 3.90. The van der Waals surface area contributed by atoms with Crippen molar-refractivity contribution in [3.05, 3.63) is 34.9 Å². The van der Waals surface area contributed by atoms with Crippen molar-refractivity contribution in [2.24, 2.45) is 0 Å². The Labute approximate surface area is 140 Å². The summed E-state index contributed by atoms with van der Waals surface area (Å²) in [7, 11) is 0. The summed E-state index contributed by atoms with van der Waals surface area (Å²) in [5, 5.41) is 0. The van der Waals surface area contributed by atoms with Crippen molar-refractivity contribution in [2.75, 3.05) is 19.6 Å². The molecule has 0 heterocycles. The number of allylic oxidation sites excluding steroid dienone is 5. The van der Waals surface area contributed by atoms with Crippen LogP contribution in [0.3, 0.4) is 0 Å². The van der Waals surface area contributed by atoms with Gasteiger partial charge in [-0.25, -0.2) is 0 Å². The molecular weight excluding hydrogens is 266 g/mol. The van der Waals surface area contributed by atoms with E-state index in [1.807, 2.05) is 0 Å². The molecule has 0 saturated carbocycles. The zero-order chi connectivity index (χ0) is 16.8. The smallest absolute Gasteiger partial charge is 0.0165 e. The minimum absolute atomic E-state index is 1.12. The maximum Gasteiger partial charge on any atom is 0.0165 e. The monoisotopic (exact) mass is 305 g/mol. The Bertz CT molecular complexity index is 350. The van der Waals surface area contributed by atoms with Crippen LogP contribution in [0.5, 0.6) is 0 Å². The van der Waals surface area contributed by atoms with E-state index in [2.05, 4.69) is 64.7 Å². The van der Waals surface area contributed by atoms with Gasteiger partial charge in [0.2, 0.25) is 0 Å². The van der Waals surface area contributed by atoms with E-state index in [-0.39, 0.29) is 0 Å². The SMILES string of the molecule is CCCN(C/C=C(\C)CC/C=C(\C)CCC=C(C)C)CCC. The minimum atomic E-state index is 1.12. The van der Waals surface area contributed by atoms with Crippen LogP contribution in [0.25, 0.3) is 0 Å². The molecule has 0 aromatic heterocycles. The largest absolute Gasteiger partial charge is 0.300 e. The summed E-state index contributed by atoms with van der Waals surface area (Å²) in [4.78, 5) is 2.56. The number of hydrogen-bond acceptors (Lipinski definition) is 1. The van der Waals surface area contributed by atoms with Crippen molar-refractivity contribution < 1.29 is 0 Å².